The van der Waals surface area contributed by atoms with E-state index >= 15 is 0 Å². The molecule has 0 spiro atoms. The van der Waals surface area contributed by atoms with Crippen LogP contribution in [0, 0.1) is 0 Å². The van der Waals surface area contributed by atoms with Crippen LogP contribution in [0.3, 0.4) is 0 Å². The summed E-state index contributed by atoms with van der Waals surface area (Å²) in [6.07, 6.45) is -0.0516. The first-order valence-electron chi connectivity index (χ1n) is 5.91. The maximum absolute atomic E-state index is 11.7. The van der Waals surface area contributed by atoms with Gasteiger partial charge in [0.2, 0.25) is 15.9 Å². The summed E-state index contributed by atoms with van der Waals surface area (Å²) in [6.45, 7) is 1.66. The van der Waals surface area contributed by atoms with Crippen molar-refractivity contribution in [2.24, 2.45) is 0 Å². The van der Waals surface area contributed by atoms with E-state index in [9.17, 15) is 18.0 Å². The van der Waals surface area contributed by atoms with Gasteiger partial charge >= 0.3 is 5.97 Å². The van der Waals surface area contributed by atoms with Gasteiger partial charge in [-0.1, -0.05) is 6.07 Å². The van der Waals surface area contributed by atoms with Crippen LogP contribution in [0.1, 0.15) is 13.3 Å². The van der Waals surface area contributed by atoms with E-state index in [2.05, 4.69) is 14.8 Å². The van der Waals surface area contributed by atoms with E-state index in [1.807, 2.05) is 0 Å². The van der Waals surface area contributed by atoms with E-state index < -0.39 is 21.9 Å². The molecule has 1 aromatic rings. The van der Waals surface area contributed by atoms with Gasteiger partial charge in [0.05, 0.1) is 6.61 Å². The molecule has 1 aromatic heterocycles. The van der Waals surface area contributed by atoms with Gasteiger partial charge in [0.15, 0.2) is 0 Å². The lowest BCUT2D eigenvalue weighted by molar-refractivity contribution is -0.143. The third kappa shape index (κ3) is 5.68. The highest BCUT2D eigenvalue weighted by molar-refractivity contribution is 7.91. The summed E-state index contributed by atoms with van der Waals surface area (Å²) in [4.78, 5) is 22.4. The molecule has 0 aromatic carbocycles. The number of amides is 1. The number of nitrogens with one attached hydrogen (secondary N) is 2. The molecule has 0 aliphatic carbocycles. The molecule has 20 heavy (non-hydrogen) atoms. The number of thiophene rings is 1. The molecule has 1 amide bonds. The predicted molar refractivity (Wildman–Crippen MR) is 73.8 cm³/mol. The number of rotatable bonds is 8. The molecule has 0 fully saturated rings. The fraction of sp³-hybridized carbons (Fsp3) is 0.455. The molecular weight excluding hydrogens is 304 g/mol. The maximum Gasteiger partial charge on any atom is 0.325 e. The van der Waals surface area contributed by atoms with Gasteiger partial charge in [0.25, 0.3) is 0 Å². The predicted octanol–water partition coefficient (Wildman–Crippen LogP) is 0.0958. The lowest BCUT2D eigenvalue weighted by Gasteiger charge is -2.06. The van der Waals surface area contributed by atoms with Gasteiger partial charge in [-0.3, -0.25) is 9.59 Å². The van der Waals surface area contributed by atoms with Crippen LogP contribution in [0.4, 0.5) is 0 Å². The molecule has 0 unspecified atom stereocenters. The quantitative estimate of drug-likeness (QED) is 0.661. The molecule has 0 saturated heterocycles. The molecule has 0 radical (unpaired) electrons. The first kappa shape index (κ1) is 16.6. The molecule has 0 aliphatic rings. The van der Waals surface area contributed by atoms with Crippen molar-refractivity contribution < 1.29 is 22.7 Å². The molecule has 1 heterocycles. The first-order valence-corrected chi connectivity index (χ1v) is 8.27. The van der Waals surface area contributed by atoms with Crippen molar-refractivity contribution >= 4 is 33.2 Å². The highest BCUT2D eigenvalue weighted by Gasteiger charge is 2.15. The molecule has 0 aliphatic heterocycles. The Labute approximate surface area is 121 Å². The minimum atomic E-state index is -3.56. The molecule has 9 heteroatoms. The minimum Gasteiger partial charge on any atom is -0.465 e. The van der Waals surface area contributed by atoms with Crippen LogP contribution < -0.4 is 10.0 Å². The Morgan fingerprint density at radius 1 is 1.40 bits per heavy atom. The number of carbonyl (C=O) groups is 2. The topological polar surface area (TPSA) is 102 Å². The fourth-order valence-electron chi connectivity index (χ4n) is 1.26. The average molecular weight is 320 g/mol. The third-order valence-corrected chi connectivity index (χ3v) is 5.00. The van der Waals surface area contributed by atoms with Gasteiger partial charge in [-0.05, 0) is 18.4 Å². The normalized spacial score (nSPS) is 11.1. The van der Waals surface area contributed by atoms with Crippen molar-refractivity contribution in [1.82, 2.24) is 10.0 Å². The van der Waals surface area contributed by atoms with Crippen molar-refractivity contribution in [3.63, 3.8) is 0 Å². The summed E-state index contributed by atoms with van der Waals surface area (Å²) in [5, 5.41) is 4.00. The van der Waals surface area contributed by atoms with Crippen molar-refractivity contribution in [2.75, 3.05) is 19.7 Å². The van der Waals surface area contributed by atoms with E-state index in [4.69, 9.17) is 0 Å². The molecule has 112 valence electrons. The Kier molecular flexibility index (Phi) is 6.62. The monoisotopic (exact) mass is 320 g/mol. The lowest BCUT2D eigenvalue weighted by atomic mass is 10.4. The van der Waals surface area contributed by atoms with Crippen LogP contribution in [0.5, 0.6) is 0 Å². The van der Waals surface area contributed by atoms with E-state index in [0.717, 1.165) is 11.3 Å². The zero-order valence-corrected chi connectivity index (χ0v) is 12.6. The maximum atomic E-state index is 11.7. The van der Waals surface area contributed by atoms with E-state index in [0.29, 0.717) is 0 Å². The highest BCUT2D eigenvalue weighted by Crippen LogP contribution is 2.14. The first-order chi connectivity index (χ1) is 9.45. The second kappa shape index (κ2) is 7.98. The fourth-order valence-corrected chi connectivity index (χ4v) is 3.33. The summed E-state index contributed by atoms with van der Waals surface area (Å²) in [5.41, 5.74) is 0. The van der Waals surface area contributed by atoms with Gasteiger partial charge in [-0.15, -0.1) is 11.3 Å². The Morgan fingerprint density at radius 2 is 2.15 bits per heavy atom. The molecule has 0 bridgehead atoms. The number of ether oxygens (including phenoxy) is 1. The average Bonchev–Trinajstić information content (AvgIpc) is 2.91. The van der Waals surface area contributed by atoms with E-state index in [1.54, 1.807) is 18.4 Å². The Morgan fingerprint density at radius 3 is 2.75 bits per heavy atom. The number of esters is 1. The molecular formula is C11H16N2O5S2. The smallest absolute Gasteiger partial charge is 0.325 e. The van der Waals surface area contributed by atoms with Crippen LogP contribution in [-0.4, -0.2) is 40.0 Å². The largest absolute Gasteiger partial charge is 0.465 e. The van der Waals surface area contributed by atoms with Gasteiger partial charge in [0, 0.05) is 13.0 Å². The van der Waals surface area contributed by atoms with Crippen molar-refractivity contribution in [2.45, 2.75) is 17.6 Å². The Balaban J connectivity index is 2.27. The second-order valence-electron chi connectivity index (χ2n) is 3.66. The summed E-state index contributed by atoms with van der Waals surface area (Å²) in [5.74, 6) is -0.952. The van der Waals surface area contributed by atoms with E-state index in [1.165, 1.54) is 6.07 Å². The highest BCUT2D eigenvalue weighted by atomic mass is 32.2. The number of carbonyl (C=O) groups excluding carboxylic acids is 2. The molecule has 7 nitrogen and oxygen atoms in total. The van der Waals surface area contributed by atoms with Gasteiger partial charge < -0.3 is 10.1 Å². The molecule has 0 saturated carbocycles. The zero-order valence-electron chi connectivity index (χ0n) is 10.9. The van der Waals surface area contributed by atoms with Crippen molar-refractivity contribution in [3.05, 3.63) is 17.5 Å². The number of hydrogen-bond acceptors (Lipinski definition) is 6. The minimum absolute atomic E-state index is 0.0328. The molecule has 0 atom stereocenters. The summed E-state index contributed by atoms with van der Waals surface area (Å²) < 4.78 is 30.6. The summed E-state index contributed by atoms with van der Waals surface area (Å²) in [6, 6.07) is 3.11. The number of hydrogen-bond donors (Lipinski definition) is 2. The van der Waals surface area contributed by atoms with Crippen molar-refractivity contribution in [3.8, 4) is 0 Å². The van der Waals surface area contributed by atoms with E-state index in [-0.39, 0.29) is 30.3 Å². The van der Waals surface area contributed by atoms with Gasteiger partial charge in [-0.2, -0.15) is 0 Å². The second-order valence-corrected chi connectivity index (χ2v) is 6.60. The van der Waals surface area contributed by atoms with Crippen LogP contribution in [0.2, 0.25) is 0 Å². The van der Waals surface area contributed by atoms with Crippen LogP contribution in [-0.2, 0) is 24.3 Å². The standard InChI is InChI=1S/C11H16N2O5S2/c1-2-18-10(15)8-12-9(14)5-6-13-20(16,17)11-4-3-7-19-11/h3-4,7,13H,2,5-6,8H2,1H3,(H,12,14). The summed E-state index contributed by atoms with van der Waals surface area (Å²) >= 11 is 1.10. The number of sulfonamides is 1. The Bertz CT molecular complexity index is 539. The molecule has 1 rings (SSSR count). The van der Waals surface area contributed by atoms with Gasteiger partial charge in [-0.25, -0.2) is 13.1 Å². The van der Waals surface area contributed by atoms with Crippen LogP contribution >= 0.6 is 11.3 Å². The lowest BCUT2D eigenvalue weighted by Crippen LogP contribution is -2.33. The zero-order chi connectivity index (χ0) is 15.0. The molecule has 2 N–H and O–H groups in total. The SMILES string of the molecule is CCOC(=O)CNC(=O)CCNS(=O)(=O)c1cccs1. The van der Waals surface area contributed by atoms with Crippen LogP contribution in [0.25, 0.3) is 0 Å². The van der Waals surface area contributed by atoms with Gasteiger partial charge in [0.1, 0.15) is 10.8 Å². The summed E-state index contributed by atoms with van der Waals surface area (Å²) in [7, 11) is -3.56. The third-order valence-electron chi connectivity index (χ3n) is 2.14. The Hall–Kier alpha value is -1.45. The van der Waals surface area contributed by atoms with Crippen LogP contribution in [0.15, 0.2) is 21.7 Å². The van der Waals surface area contributed by atoms with Crippen molar-refractivity contribution in [1.29, 1.82) is 0 Å².